The van der Waals surface area contributed by atoms with Crippen molar-refractivity contribution in [3.05, 3.63) is 0 Å². The second kappa shape index (κ2) is 15.7. The first-order chi connectivity index (χ1) is 10.1. The van der Waals surface area contributed by atoms with Gasteiger partial charge < -0.3 is 0 Å². The molecule has 0 radical (unpaired) electrons. The van der Waals surface area contributed by atoms with Gasteiger partial charge in [-0.05, 0) is 12.5 Å². The van der Waals surface area contributed by atoms with Gasteiger partial charge in [-0.3, -0.25) is 0 Å². The van der Waals surface area contributed by atoms with Gasteiger partial charge in [-0.1, -0.05) is 96.6 Å². The van der Waals surface area contributed by atoms with Crippen molar-refractivity contribution in [2.75, 3.05) is 5.88 Å². The van der Waals surface area contributed by atoms with Gasteiger partial charge in [-0.15, -0.1) is 11.6 Å². The zero-order valence-corrected chi connectivity index (χ0v) is 17.1. The van der Waals surface area contributed by atoms with E-state index in [1.54, 1.807) is 0 Å². The summed E-state index contributed by atoms with van der Waals surface area (Å²) < 4.78 is 0. The van der Waals surface area contributed by atoms with Crippen molar-refractivity contribution in [3.8, 4) is 0 Å². The lowest BCUT2D eigenvalue weighted by Gasteiger charge is -2.11. The molecule has 128 valence electrons. The van der Waals surface area contributed by atoms with Gasteiger partial charge in [0.05, 0.1) is 0 Å². The van der Waals surface area contributed by atoms with Crippen LogP contribution in [0.1, 0.15) is 89.9 Å². The molecule has 0 bridgehead atoms. The van der Waals surface area contributed by atoms with Crippen LogP contribution < -0.4 is 0 Å². The highest BCUT2D eigenvalue weighted by Crippen LogP contribution is 2.19. The summed E-state index contributed by atoms with van der Waals surface area (Å²) in [6, 6.07) is 1.29. The molecule has 0 aliphatic heterocycles. The van der Waals surface area contributed by atoms with E-state index < -0.39 is 7.38 Å². The van der Waals surface area contributed by atoms with Gasteiger partial charge in [-0.2, -0.15) is 11.1 Å². The molecule has 0 aliphatic rings. The van der Waals surface area contributed by atoms with E-state index >= 15 is 0 Å². The summed E-state index contributed by atoms with van der Waals surface area (Å²) in [6.07, 6.45) is 19.6. The van der Waals surface area contributed by atoms with Crippen LogP contribution in [0.25, 0.3) is 0 Å². The van der Waals surface area contributed by atoms with E-state index in [0.29, 0.717) is 0 Å². The third-order valence-corrected chi connectivity index (χ3v) is 6.53. The van der Waals surface area contributed by atoms with Crippen molar-refractivity contribution in [2.45, 2.75) is 109 Å². The Morgan fingerprint density at radius 2 is 0.810 bits per heavy atom. The summed E-state index contributed by atoms with van der Waals surface area (Å²) >= 11 is 12.0. The Morgan fingerprint density at radius 3 is 1.10 bits per heavy atom. The summed E-state index contributed by atoms with van der Waals surface area (Å²) in [6.45, 7) is 4.51. The molecule has 0 fully saturated rings. The third-order valence-electron chi connectivity index (χ3n) is 4.15. The molecule has 0 spiro atoms. The first-order valence-corrected chi connectivity index (χ1v) is 14.1. The number of rotatable bonds is 16. The molecule has 3 heteroatoms. The first kappa shape index (κ1) is 21.8. The van der Waals surface area contributed by atoms with Crippen LogP contribution in [0.3, 0.4) is 0 Å². The van der Waals surface area contributed by atoms with Gasteiger partial charge in [0, 0.05) is 5.88 Å². The van der Waals surface area contributed by atoms with Crippen LogP contribution in [0.2, 0.25) is 19.1 Å². The molecule has 0 rings (SSSR count). The van der Waals surface area contributed by atoms with Gasteiger partial charge in [0.1, 0.15) is 7.38 Å². The van der Waals surface area contributed by atoms with Crippen molar-refractivity contribution in [2.24, 2.45) is 0 Å². The summed E-state index contributed by atoms with van der Waals surface area (Å²) in [4.78, 5) is 0. The minimum Gasteiger partial charge on any atom is -0.168 e. The predicted octanol–water partition coefficient (Wildman–Crippen LogP) is 8.13. The van der Waals surface area contributed by atoms with Crippen LogP contribution in [-0.4, -0.2) is 13.3 Å². The smallest absolute Gasteiger partial charge is 0.150 e. The molecule has 0 nitrogen and oxygen atoms in total. The molecule has 0 N–H and O–H groups in total. The Balaban J connectivity index is 3.00. The fraction of sp³-hybridized carbons (Fsp3) is 1.00. The van der Waals surface area contributed by atoms with E-state index in [2.05, 4.69) is 13.1 Å². The fourth-order valence-corrected chi connectivity index (χ4v) is 4.44. The third kappa shape index (κ3) is 20.8. The van der Waals surface area contributed by atoms with Gasteiger partial charge in [0.25, 0.3) is 0 Å². The lowest BCUT2D eigenvalue weighted by Crippen LogP contribution is -2.14. The first-order valence-electron chi connectivity index (χ1n) is 9.31. The molecule has 21 heavy (non-hydrogen) atoms. The van der Waals surface area contributed by atoms with Crippen molar-refractivity contribution < 1.29 is 0 Å². The Labute approximate surface area is 145 Å². The summed E-state index contributed by atoms with van der Waals surface area (Å²) in [7, 11) is -1.30. The topological polar surface area (TPSA) is 0 Å². The number of hydrogen-bond donors (Lipinski definition) is 0. The molecule has 0 saturated heterocycles. The molecular weight excluding hydrogens is 315 g/mol. The molecule has 0 aliphatic carbocycles. The van der Waals surface area contributed by atoms with Crippen LogP contribution in [0.5, 0.6) is 0 Å². The monoisotopic (exact) mass is 352 g/mol. The molecule has 0 atom stereocenters. The zero-order chi connectivity index (χ0) is 15.8. The van der Waals surface area contributed by atoms with Crippen LogP contribution >= 0.6 is 22.7 Å². The number of hydrogen-bond acceptors (Lipinski definition) is 0. The molecule has 0 aromatic heterocycles. The van der Waals surface area contributed by atoms with Crippen molar-refractivity contribution in [3.63, 3.8) is 0 Å². The summed E-state index contributed by atoms with van der Waals surface area (Å²) in [5, 5.41) is 0. The minimum absolute atomic E-state index is 0.839. The minimum atomic E-state index is -1.30. The standard InChI is InChI=1S/C18H38Cl2Si/c1-21(2,20)18-16-14-12-10-8-6-4-3-5-7-9-11-13-15-17-19/h3-18H2,1-2H3. The van der Waals surface area contributed by atoms with E-state index in [1.807, 2.05) is 0 Å². The fourth-order valence-electron chi connectivity index (χ4n) is 2.76. The summed E-state index contributed by atoms with van der Waals surface area (Å²) in [5.41, 5.74) is 0. The van der Waals surface area contributed by atoms with E-state index in [4.69, 9.17) is 22.7 Å². The van der Waals surface area contributed by atoms with E-state index in [9.17, 15) is 0 Å². The highest BCUT2D eigenvalue weighted by atomic mass is 35.6. The lowest BCUT2D eigenvalue weighted by molar-refractivity contribution is 0.538. The van der Waals surface area contributed by atoms with Gasteiger partial charge >= 0.3 is 0 Å². The average molecular weight is 353 g/mol. The summed E-state index contributed by atoms with van der Waals surface area (Å²) in [5.74, 6) is 0.839. The van der Waals surface area contributed by atoms with Crippen LogP contribution in [-0.2, 0) is 0 Å². The second-order valence-electron chi connectivity index (χ2n) is 7.11. The molecule has 0 unspecified atom stereocenters. The quantitative estimate of drug-likeness (QED) is 0.114. The van der Waals surface area contributed by atoms with E-state index in [-0.39, 0.29) is 0 Å². The zero-order valence-electron chi connectivity index (χ0n) is 14.6. The highest BCUT2D eigenvalue weighted by Gasteiger charge is 2.15. The van der Waals surface area contributed by atoms with Crippen molar-refractivity contribution >= 4 is 30.1 Å². The van der Waals surface area contributed by atoms with Gasteiger partial charge in [-0.25, -0.2) is 0 Å². The maximum Gasteiger partial charge on any atom is 0.150 e. The molecule has 0 aromatic carbocycles. The van der Waals surface area contributed by atoms with Gasteiger partial charge in [0.15, 0.2) is 0 Å². The van der Waals surface area contributed by atoms with E-state index in [1.165, 1.54) is 95.9 Å². The van der Waals surface area contributed by atoms with Crippen molar-refractivity contribution in [1.29, 1.82) is 0 Å². The Morgan fingerprint density at radius 1 is 0.524 bits per heavy atom. The molecule has 0 amide bonds. The number of halogens is 2. The second-order valence-corrected chi connectivity index (χ2v) is 14.5. The largest absolute Gasteiger partial charge is 0.168 e. The average Bonchev–Trinajstić information content (AvgIpc) is 2.42. The molecule has 0 heterocycles. The Bertz CT molecular complexity index is 202. The van der Waals surface area contributed by atoms with Crippen LogP contribution in [0.4, 0.5) is 0 Å². The lowest BCUT2D eigenvalue weighted by atomic mass is 10.0. The predicted molar refractivity (Wildman–Crippen MR) is 104 cm³/mol. The number of unbranched alkanes of at least 4 members (excludes halogenated alkanes) is 13. The molecule has 0 aromatic rings. The Kier molecular flexibility index (Phi) is 16.3. The normalized spacial score (nSPS) is 12.0. The SMILES string of the molecule is C[Si](C)(Cl)CCCCCCCCCCCCCCCCCl. The van der Waals surface area contributed by atoms with Crippen LogP contribution in [0.15, 0.2) is 0 Å². The highest BCUT2D eigenvalue weighted by molar-refractivity contribution is 7.19. The van der Waals surface area contributed by atoms with Gasteiger partial charge in [0.2, 0.25) is 0 Å². The molecular formula is C18H38Cl2Si. The maximum absolute atomic E-state index is 6.32. The van der Waals surface area contributed by atoms with Crippen LogP contribution in [0, 0.1) is 0 Å². The maximum atomic E-state index is 6.32. The van der Waals surface area contributed by atoms with Crippen molar-refractivity contribution in [1.82, 2.24) is 0 Å². The molecule has 0 saturated carbocycles. The Hall–Kier alpha value is 0.797. The van der Waals surface area contributed by atoms with E-state index in [0.717, 1.165) is 5.88 Å². The number of alkyl halides is 1.